The second-order valence-corrected chi connectivity index (χ2v) is 13.6. The van der Waals surface area contributed by atoms with Crippen LogP contribution < -0.4 is 14.8 Å². The number of thioether (sulfide) groups is 1. The number of nitrogens with zero attached hydrogens (tertiary/aromatic N) is 4. The van der Waals surface area contributed by atoms with Crippen LogP contribution in [0.5, 0.6) is 5.75 Å². The summed E-state index contributed by atoms with van der Waals surface area (Å²) < 4.78 is 50.7. The molecule has 0 atom stereocenters. The highest BCUT2D eigenvalue weighted by molar-refractivity contribution is 8.01. The lowest BCUT2D eigenvalue weighted by Crippen LogP contribution is -2.21. The Balaban J connectivity index is 1.56. The van der Waals surface area contributed by atoms with E-state index in [9.17, 15) is 17.6 Å². The van der Waals surface area contributed by atoms with Gasteiger partial charge in [-0.1, -0.05) is 34.7 Å². The zero-order valence-electron chi connectivity index (χ0n) is 21.3. The Morgan fingerprint density at radius 2 is 2.08 bits per heavy atom. The molecular weight excluding hydrogens is 619 g/mol. The van der Waals surface area contributed by atoms with Gasteiger partial charge in [0.2, 0.25) is 10.0 Å². The Labute approximate surface area is 248 Å². The number of anilines is 3. The maximum Gasteiger partial charge on any atom is 0.234 e. The molecule has 2 aromatic carbocycles. The van der Waals surface area contributed by atoms with E-state index >= 15 is 0 Å². The average Bonchev–Trinajstić information content (AvgIpc) is 3.24. The summed E-state index contributed by atoms with van der Waals surface area (Å²) in [7, 11) is -3.86. The molecule has 0 aliphatic carbocycles. The topological polar surface area (TPSA) is 128 Å². The lowest BCUT2D eigenvalue weighted by atomic mass is 10.2. The van der Waals surface area contributed by atoms with Gasteiger partial charge in [-0.15, -0.1) is 0 Å². The van der Waals surface area contributed by atoms with Gasteiger partial charge >= 0.3 is 0 Å². The fourth-order valence-corrected chi connectivity index (χ4v) is 7.13. The van der Waals surface area contributed by atoms with Crippen molar-refractivity contribution in [1.29, 1.82) is 0 Å². The Bertz CT molecular complexity index is 1710. The summed E-state index contributed by atoms with van der Waals surface area (Å²) >= 11 is 13.9. The minimum atomic E-state index is -3.86. The summed E-state index contributed by atoms with van der Waals surface area (Å²) in [6, 6.07) is 7.33. The lowest BCUT2D eigenvalue weighted by Gasteiger charge is -2.15. The van der Waals surface area contributed by atoms with E-state index in [1.165, 1.54) is 59.2 Å². The second-order valence-electron chi connectivity index (χ2n) is 8.35. The summed E-state index contributed by atoms with van der Waals surface area (Å²) in [5, 5.41) is 7.89. The van der Waals surface area contributed by atoms with Crippen LogP contribution in [0.2, 0.25) is 5.02 Å². The van der Waals surface area contributed by atoms with E-state index in [-0.39, 0.29) is 28.8 Å². The number of carbonyl (C=O) groups excluding carboxylic acids is 1. The van der Waals surface area contributed by atoms with Gasteiger partial charge in [0, 0.05) is 29.3 Å². The van der Waals surface area contributed by atoms with Crippen LogP contribution in [0.3, 0.4) is 0 Å². The lowest BCUT2D eigenvalue weighted by molar-refractivity contribution is -0.116. The molecule has 16 heteroatoms. The van der Waals surface area contributed by atoms with Gasteiger partial charge in [0.15, 0.2) is 8.29 Å². The van der Waals surface area contributed by atoms with Crippen molar-refractivity contribution in [2.45, 2.75) is 31.2 Å². The van der Waals surface area contributed by atoms with E-state index in [1.807, 2.05) is 0 Å². The SMILES string of the molecule is CCOc1cc2ncnc(Nc3ccc(F)c(Cl)c3)c2cc1NS(=O)(=O)CCn1nc(SCCC(C)=O)sc1=S. The van der Waals surface area contributed by atoms with Crippen LogP contribution in [-0.4, -0.2) is 52.1 Å². The van der Waals surface area contributed by atoms with Crippen molar-refractivity contribution >= 4 is 90.8 Å². The second kappa shape index (κ2) is 13.2. The number of benzene rings is 2. The summed E-state index contributed by atoms with van der Waals surface area (Å²) in [5.41, 5.74) is 1.19. The molecule has 40 heavy (non-hydrogen) atoms. The molecule has 4 rings (SSSR count). The Hall–Kier alpha value is -2.85. The predicted octanol–water partition coefficient (Wildman–Crippen LogP) is 6.07. The van der Waals surface area contributed by atoms with Crippen molar-refractivity contribution in [1.82, 2.24) is 19.7 Å². The number of hydrogen-bond donors (Lipinski definition) is 2. The van der Waals surface area contributed by atoms with Crippen molar-refractivity contribution < 1.29 is 22.3 Å². The van der Waals surface area contributed by atoms with Crippen LogP contribution in [-0.2, 0) is 21.4 Å². The van der Waals surface area contributed by atoms with Crippen LogP contribution in [0.4, 0.5) is 21.6 Å². The van der Waals surface area contributed by atoms with Gasteiger partial charge < -0.3 is 10.1 Å². The van der Waals surface area contributed by atoms with Gasteiger partial charge in [-0.05, 0) is 50.3 Å². The first-order chi connectivity index (χ1) is 19.0. The maximum absolute atomic E-state index is 13.6. The molecule has 10 nitrogen and oxygen atoms in total. The number of hydrogen-bond acceptors (Lipinski definition) is 11. The highest BCUT2D eigenvalue weighted by Crippen LogP contribution is 2.34. The molecule has 0 radical (unpaired) electrons. The molecule has 2 heterocycles. The molecule has 2 N–H and O–H groups in total. The van der Waals surface area contributed by atoms with Crippen molar-refractivity contribution in [2.75, 3.05) is 28.2 Å². The average molecular weight is 643 g/mol. The first kappa shape index (κ1) is 30.1. The largest absolute Gasteiger partial charge is 0.492 e. The van der Waals surface area contributed by atoms with E-state index in [0.29, 0.717) is 55.2 Å². The number of nitrogens with one attached hydrogen (secondary N) is 2. The highest BCUT2D eigenvalue weighted by atomic mass is 35.5. The number of ketones is 1. The number of halogens is 2. The molecule has 0 saturated carbocycles. The molecule has 2 aromatic heterocycles. The zero-order valence-corrected chi connectivity index (χ0v) is 25.3. The molecular formula is C24H24ClFN6O4S4. The molecule has 0 aliphatic heterocycles. The van der Waals surface area contributed by atoms with Crippen LogP contribution in [0.1, 0.15) is 20.3 Å². The standard InChI is InChI=1S/C24H24ClFN6O4S4/c1-3-36-21-12-19-16(22(28-13-27-19)29-15-4-5-18(26)17(25)10-15)11-20(21)31-40(34,35)9-7-32-24(37)39-23(30-32)38-8-6-14(2)33/h4-5,10-13,31H,3,6-9H2,1-2H3,(H,27,28,29). The molecule has 0 fully saturated rings. The van der Waals surface area contributed by atoms with E-state index in [0.717, 1.165) is 0 Å². The van der Waals surface area contributed by atoms with E-state index < -0.39 is 15.8 Å². The highest BCUT2D eigenvalue weighted by Gasteiger charge is 2.18. The maximum atomic E-state index is 13.6. The van der Waals surface area contributed by atoms with Gasteiger partial charge in [0.25, 0.3) is 0 Å². The first-order valence-corrected chi connectivity index (χ1v) is 16.1. The van der Waals surface area contributed by atoms with Gasteiger partial charge in [-0.3, -0.25) is 9.52 Å². The molecule has 4 aromatic rings. The first-order valence-electron chi connectivity index (χ1n) is 11.9. The van der Waals surface area contributed by atoms with Crippen LogP contribution in [0.25, 0.3) is 10.9 Å². The minimum Gasteiger partial charge on any atom is -0.492 e. The number of ether oxygens (including phenoxy) is 1. The Kier molecular flexibility index (Phi) is 9.94. The van der Waals surface area contributed by atoms with Crippen molar-refractivity contribution in [3.8, 4) is 5.75 Å². The fourth-order valence-electron chi connectivity index (χ4n) is 3.44. The number of aryl methyl sites for hydroxylation is 1. The van der Waals surface area contributed by atoms with E-state index in [2.05, 4.69) is 25.1 Å². The van der Waals surface area contributed by atoms with Gasteiger partial charge in [0.1, 0.15) is 29.5 Å². The third-order valence-electron chi connectivity index (χ3n) is 5.32. The Morgan fingerprint density at radius 3 is 2.80 bits per heavy atom. The molecule has 0 amide bonds. The third-order valence-corrected chi connectivity index (χ3v) is 9.31. The molecule has 0 unspecified atom stereocenters. The smallest absolute Gasteiger partial charge is 0.234 e. The zero-order chi connectivity index (χ0) is 28.9. The summed E-state index contributed by atoms with van der Waals surface area (Å²) in [5.74, 6) is 0.467. The van der Waals surface area contributed by atoms with Gasteiger partial charge in [-0.2, -0.15) is 5.10 Å². The molecule has 0 bridgehead atoms. The molecule has 0 aliphatic rings. The van der Waals surface area contributed by atoms with Crippen molar-refractivity contribution in [3.05, 3.63) is 51.5 Å². The van der Waals surface area contributed by atoms with E-state index in [1.54, 1.807) is 19.1 Å². The monoisotopic (exact) mass is 642 g/mol. The van der Waals surface area contributed by atoms with Crippen molar-refractivity contribution in [2.24, 2.45) is 0 Å². The number of Topliss-reactive ketones (excluding diaryl/α,β-unsaturated/α-hetero) is 1. The normalized spacial score (nSPS) is 11.5. The number of sulfonamides is 1. The number of carbonyl (C=O) groups is 1. The van der Waals surface area contributed by atoms with Gasteiger partial charge in [0.05, 0.1) is 35.1 Å². The third kappa shape index (κ3) is 7.87. The summed E-state index contributed by atoms with van der Waals surface area (Å²) in [6.45, 7) is 3.64. The number of fused-ring (bicyclic) bond motifs is 1. The van der Waals surface area contributed by atoms with Crippen LogP contribution in [0, 0.1) is 9.77 Å². The van der Waals surface area contributed by atoms with E-state index in [4.69, 9.17) is 28.6 Å². The predicted molar refractivity (Wildman–Crippen MR) is 160 cm³/mol. The molecule has 0 spiro atoms. The summed E-state index contributed by atoms with van der Waals surface area (Å²) in [4.78, 5) is 19.7. The van der Waals surface area contributed by atoms with Crippen molar-refractivity contribution in [3.63, 3.8) is 0 Å². The van der Waals surface area contributed by atoms with Gasteiger partial charge in [-0.25, -0.2) is 27.5 Å². The minimum absolute atomic E-state index is 0.0384. The molecule has 212 valence electrons. The number of rotatable bonds is 13. The fraction of sp³-hybridized carbons (Fsp3) is 0.292. The van der Waals surface area contributed by atoms with Crippen LogP contribution >= 0.6 is 46.9 Å². The van der Waals surface area contributed by atoms with Crippen LogP contribution in [0.15, 0.2) is 41.0 Å². The quantitative estimate of drug-likeness (QED) is 0.131. The Morgan fingerprint density at radius 1 is 1.27 bits per heavy atom. The molecule has 0 saturated heterocycles. The summed E-state index contributed by atoms with van der Waals surface area (Å²) in [6.07, 6.45) is 1.77. The number of aromatic nitrogens is 4.